The molecule has 158 valence electrons. The van der Waals surface area contributed by atoms with Gasteiger partial charge in [0.2, 0.25) is 5.91 Å². The van der Waals surface area contributed by atoms with Gasteiger partial charge < -0.3 is 25.2 Å². The van der Waals surface area contributed by atoms with Crippen LogP contribution in [0, 0.1) is 0 Å². The van der Waals surface area contributed by atoms with Gasteiger partial charge >= 0.3 is 12.1 Å². The summed E-state index contributed by atoms with van der Waals surface area (Å²) in [6.45, 7) is 4.98. The average Bonchev–Trinajstić information content (AvgIpc) is 2.64. The fourth-order valence-corrected chi connectivity index (χ4v) is 3.06. The van der Waals surface area contributed by atoms with E-state index < -0.39 is 36.0 Å². The summed E-state index contributed by atoms with van der Waals surface area (Å²) in [4.78, 5) is 35.9. The molecule has 0 saturated heterocycles. The number of alkyl carbamates (subject to hydrolysis) is 1. The Kier molecular flexibility index (Phi) is 5.96. The number of carbonyl (C=O) groups is 3. The highest BCUT2D eigenvalue weighted by Crippen LogP contribution is 2.39. The molecule has 2 amide bonds. The fraction of sp³-hybridized carbons (Fsp3) is 0.318. The molecule has 0 fully saturated rings. The highest BCUT2D eigenvalue weighted by Gasteiger charge is 2.27. The molecule has 1 heterocycles. The highest BCUT2D eigenvalue weighted by atomic mass is 16.6. The molecule has 3 rings (SSSR count). The van der Waals surface area contributed by atoms with Gasteiger partial charge in [0.25, 0.3) is 0 Å². The van der Waals surface area contributed by atoms with Gasteiger partial charge in [0.05, 0.1) is 6.42 Å². The number of carbonyl (C=O) groups excluding carboxylic acids is 2. The van der Waals surface area contributed by atoms with Crippen molar-refractivity contribution < 1.29 is 29.0 Å². The number of carboxylic acid groups (broad SMARTS) is 1. The highest BCUT2D eigenvalue weighted by molar-refractivity contribution is 5.96. The van der Waals surface area contributed by atoms with Crippen molar-refractivity contribution in [3.05, 3.63) is 53.6 Å². The van der Waals surface area contributed by atoms with Crippen molar-refractivity contribution in [3.63, 3.8) is 0 Å². The molecular weight excluding hydrogens is 388 g/mol. The number of fused-ring (bicyclic) bond motifs is 2. The lowest BCUT2D eigenvalue weighted by Crippen LogP contribution is -2.45. The number of nitrogens with one attached hydrogen (secondary N) is 2. The van der Waals surface area contributed by atoms with E-state index in [1.165, 1.54) is 0 Å². The molecular formula is C22H24N2O6. The zero-order valence-electron chi connectivity index (χ0n) is 17.0. The van der Waals surface area contributed by atoms with E-state index in [1.807, 2.05) is 30.3 Å². The summed E-state index contributed by atoms with van der Waals surface area (Å²) in [6.07, 6.45) is -0.777. The lowest BCUT2D eigenvalue weighted by atomic mass is 9.98. The summed E-state index contributed by atoms with van der Waals surface area (Å²) in [5, 5.41) is 14.3. The number of hydrogen-bond acceptors (Lipinski definition) is 5. The molecule has 0 aliphatic carbocycles. The molecule has 3 N–H and O–H groups in total. The molecule has 1 unspecified atom stereocenters. The molecule has 0 spiro atoms. The first-order valence-corrected chi connectivity index (χ1v) is 9.52. The Hall–Kier alpha value is -3.55. The molecule has 0 bridgehead atoms. The maximum Gasteiger partial charge on any atom is 0.408 e. The largest absolute Gasteiger partial charge is 0.480 e. The minimum absolute atomic E-state index is 0.449. The first kappa shape index (κ1) is 21.2. The Bertz CT molecular complexity index is 980. The van der Waals surface area contributed by atoms with Crippen LogP contribution in [0.2, 0.25) is 0 Å². The summed E-state index contributed by atoms with van der Waals surface area (Å²) in [7, 11) is 0. The predicted octanol–water partition coefficient (Wildman–Crippen LogP) is 3.69. The normalized spacial score (nSPS) is 13.2. The van der Waals surface area contributed by atoms with Gasteiger partial charge in [-0.05, 0) is 44.5 Å². The van der Waals surface area contributed by atoms with Crippen LogP contribution in [0.25, 0.3) is 0 Å². The monoisotopic (exact) mass is 412 g/mol. The predicted molar refractivity (Wildman–Crippen MR) is 110 cm³/mol. The second-order valence-electron chi connectivity index (χ2n) is 7.96. The maximum atomic E-state index is 12.5. The SMILES string of the molecule is CC(C)(C)OC(=O)NC(CC(=O)Nc1cccc2c1Cc1ccccc1O2)C(=O)O. The van der Waals surface area contributed by atoms with Gasteiger partial charge in [-0.2, -0.15) is 0 Å². The molecule has 30 heavy (non-hydrogen) atoms. The average molecular weight is 412 g/mol. The van der Waals surface area contributed by atoms with Gasteiger partial charge in [-0.1, -0.05) is 24.3 Å². The number of anilines is 1. The van der Waals surface area contributed by atoms with E-state index >= 15 is 0 Å². The Morgan fingerprint density at radius 1 is 1.10 bits per heavy atom. The minimum Gasteiger partial charge on any atom is -0.480 e. The maximum absolute atomic E-state index is 12.5. The third-order valence-electron chi connectivity index (χ3n) is 4.35. The second kappa shape index (κ2) is 8.44. The summed E-state index contributed by atoms with van der Waals surface area (Å²) in [5.74, 6) is -0.483. The fourth-order valence-electron chi connectivity index (χ4n) is 3.06. The Labute approximate surface area is 174 Å². The number of hydrogen-bond donors (Lipinski definition) is 3. The molecule has 8 heteroatoms. The van der Waals surface area contributed by atoms with Crippen LogP contribution >= 0.6 is 0 Å². The number of ether oxygens (including phenoxy) is 2. The quantitative estimate of drug-likeness (QED) is 0.589. The Morgan fingerprint density at radius 2 is 1.80 bits per heavy atom. The van der Waals surface area contributed by atoms with Gasteiger partial charge in [-0.25, -0.2) is 9.59 Å². The van der Waals surface area contributed by atoms with Gasteiger partial charge in [0.1, 0.15) is 23.1 Å². The summed E-state index contributed by atoms with van der Waals surface area (Å²) in [6, 6.07) is 11.5. The molecule has 0 aromatic heterocycles. The van der Waals surface area contributed by atoms with Gasteiger partial charge in [-0.15, -0.1) is 0 Å². The number of carboxylic acids is 1. The summed E-state index contributed by atoms with van der Waals surface area (Å²) < 4.78 is 11.0. The van der Waals surface area contributed by atoms with E-state index in [-0.39, 0.29) is 0 Å². The van der Waals surface area contributed by atoms with Crippen molar-refractivity contribution in [2.45, 2.75) is 45.3 Å². The van der Waals surface area contributed by atoms with E-state index in [1.54, 1.807) is 32.9 Å². The summed E-state index contributed by atoms with van der Waals surface area (Å²) >= 11 is 0. The van der Waals surface area contributed by atoms with Crippen LogP contribution in [0.4, 0.5) is 10.5 Å². The first-order valence-electron chi connectivity index (χ1n) is 9.52. The van der Waals surface area contributed by atoms with E-state index in [0.29, 0.717) is 17.9 Å². The van der Waals surface area contributed by atoms with Crippen LogP contribution < -0.4 is 15.4 Å². The van der Waals surface area contributed by atoms with Crippen molar-refractivity contribution in [2.75, 3.05) is 5.32 Å². The zero-order chi connectivity index (χ0) is 21.9. The lowest BCUT2D eigenvalue weighted by Gasteiger charge is -2.23. The third kappa shape index (κ3) is 5.28. The van der Waals surface area contributed by atoms with Crippen LogP contribution in [0.1, 0.15) is 38.3 Å². The molecule has 1 aliphatic rings. The van der Waals surface area contributed by atoms with Gasteiger partial charge in [-0.3, -0.25) is 4.79 Å². The number of aliphatic carboxylic acids is 1. The van der Waals surface area contributed by atoms with Crippen molar-refractivity contribution >= 4 is 23.7 Å². The van der Waals surface area contributed by atoms with Crippen molar-refractivity contribution in [3.8, 4) is 11.5 Å². The van der Waals surface area contributed by atoms with E-state index in [9.17, 15) is 19.5 Å². The molecule has 1 aliphatic heterocycles. The molecule has 1 atom stereocenters. The minimum atomic E-state index is -1.42. The third-order valence-corrected chi connectivity index (χ3v) is 4.35. The van der Waals surface area contributed by atoms with Crippen molar-refractivity contribution in [2.24, 2.45) is 0 Å². The van der Waals surface area contributed by atoms with Crippen LogP contribution in [0.15, 0.2) is 42.5 Å². The number of benzene rings is 2. The Morgan fingerprint density at radius 3 is 2.50 bits per heavy atom. The number of amides is 2. The number of rotatable bonds is 5. The smallest absolute Gasteiger partial charge is 0.408 e. The van der Waals surface area contributed by atoms with Crippen molar-refractivity contribution in [1.29, 1.82) is 0 Å². The van der Waals surface area contributed by atoms with E-state index in [0.717, 1.165) is 16.9 Å². The molecule has 2 aromatic rings. The summed E-state index contributed by atoms with van der Waals surface area (Å²) in [5.41, 5.74) is 1.54. The topological polar surface area (TPSA) is 114 Å². The zero-order valence-corrected chi connectivity index (χ0v) is 17.0. The molecule has 0 radical (unpaired) electrons. The standard InChI is InChI=1S/C22H24N2O6/c1-22(2,3)30-21(28)24-16(20(26)27)12-19(25)23-15-8-6-10-18-14(15)11-13-7-4-5-9-17(13)29-18/h4-10,16H,11-12H2,1-3H3,(H,23,25)(H,24,28)(H,26,27). The molecule has 8 nitrogen and oxygen atoms in total. The van der Waals surface area contributed by atoms with Crippen LogP contribution in [0.5, 0.6) is 11.5 Å². The van der Waals surface area contributed by atoms with Crippen LogP contribution in [0.3, 0.4) is 0 Å². The second-order valence-corrected chi connectivity index (χ2v) is 7.96. The number of para-hydroxylation sites is 1. The molecule has 0 saturated carbocycles. The van der Waals surface area contributed by atoms with Gasteiger partial charge in [0.15, 0.2) is 0 Å². The molecule has 2 aromatic carbocycles. The lowest BCUT2D eigenvalue weighted by molar-refractivity contribution is -0.141. The van der Waals surface area contributed by atoms with Gasteiger partial charge in [0, 0.05) is 17.7 Å². The van der Waals surface area contributed by atoms with Crippen LogP contribution in [-0.2, 0) is 20.7 Å². The van der Waals surface area contributed by atoms with Crippen molar-refractivity contribution in [1.82, 2.24) is 5.32 Å². The Balaban J connectivity index is 1.69. The van der Waals surface area contributed by atoms with E-state index in [2.05, 4.69) is 10.6 Å². The first-order chi connectivity index (χ1) is 14.1. The van der Waals surface area contributed by atoms with E-state index in [4.69, 9.17) is 9.47 Å². The van der Waals surface area contributed by atoms with Crippen LogP contribution in [-0.4, -0.2) is 34.7 Å².